The highest BCUT2D eigenvalue weighted by Gasteiger charge is 2.01. The van der Waals surface area contributed by atoms with Gasteiger partial charge in [-0.05, 0) is 18.2 Å². The summed E-state index contributed by atoms with van der Waals surface area (Å²) in [4.78, 5) is 10.4. The molecule has 0 aliphatic carbocycles. The van der Waals surface area contributed by atoms with E-state index in [9.17, 15) is 4.79 Å². The van der Waals surface area contributed by atoms with E-state index in [1.54, 1.807) is 25.2 Å². The van der Waals surface area contributed by atoms with E-state index in [2.05, 4.69) is 0 Å². The molecule has 0 saturated carbocycles. The molecule has 12 heavy (non-hydrogen) atoms. The van der Waals surface area contributed by atoms with Gasteiger partial charge in [0.05, 0.1) is 11.4 Å². The fraction of sp³-hybridized carbons (Fsp3) is 0.125. The third-order valence-electron chi connectivity index (χ3n) is 1.57. The lowest BCUT2D eigenvalue weighted by atomic mass is 10.2. The second-order valence-corrected chi connectivity index (χ2v) is 2.55. The Hall–Kier alpha value is -1.55. The largest absolute Gasteiger partial charge is 0.397 e. The summed E-state index contributed by atoms with van der Waals surface area (Å²) >= 11 is 0. The minimum atomic E-state index is 0.561. The average molecular weight is 165 g/mol. The van der Waals surface area contributed by atoms with Gasteiger partial charge in [0.25, 0.3) is 0 Å². The number of rotatable bonds is 2. The lowest BCUT2D eigenvalue weighted by Gasteiger charge is -2.14. The van der Waals surface area contributed by atoms with Gasteiger partial charge in [-0.25, -0.2) is 5.84 Å². The third-order valence-corrected chi connectivity index (χ3v) is 1.57. The molecule has 0 fully saturated rings. The zero-order valence-corrected chi connectivity index (χ0v) is 6.82. The van der Waals surface area contributed by atoms with Crippen molar-refractivity contribution in [2.75, 3.05) is 17.8 Å². The Labute approximate surface area is 70.7 Å². The zero-order chi connectivity index (χ0) is 9.14. The maximum absolute atomic E-state index is 10.4. The van der Waals surface area contributed by atoms with E-state index in [0.717, 1.165) is 6.29 Å². The van der Waals surface area contributed by atoms with Crippen LogP contribution < -0.4 is 16.6 Å². The van der Waals surface area contributed by atoms with Crippen LogP contribution in [0.4, 0.5) is 11.4 Å². The van der Waals surface area contributed by atoms with Crippen molar-refractivity contribution < 1.29 is 4.79 Å². The van der Waals surface area contributed by atoms with E-state index in [1.807, 2.05) is 0 Å². The number of carbonyl (C=O) groups excluding carboxylic acids is 1. The highest BCUT2D eigenvalue weighted by atomic mass is 16.1. The van der Waals surface area contributed by atoms with Crippen molar-refractivity contribution >= 4 is 17.7 Å². The first-order valence-electron chi connectivity index (χ1n) is 3.48. The Morgan fingerprint density at radius 2 is 2.17 bits per heavy atom. The van der Waals surface area contributed by atoms with E-state index in [0.29, 0.717) is 16.9 Å². The minimum absolute atomic E-state index is 0.561. The van der Waals surface area contributed by atoms with E-state index >= 15 is 0 Å². The molecule has 0 amide bonds. The van der Waals surface area contributed by atoms with Gasteiger partial charge in [0.2, 0.25) is 0 Å². The molecule has 0 aromatic heterocycles. The summed E-state index contributed by atoms with van der Waals surface area (Å²) < 4.78 is 0. The molecule has 4 nitrogen and oxygen atoms in total. The first-order valence-corrected chi connectivity index (χ1v) is 3.48. The normalized spacial score (nSPS) is 9.50. The van der Waals surface area contributed by atoms with Crippen LogP contribution >= 0.6 is 0 Å². The fourth-order valence-electron chi connectivity index (χ4n) is 0.939. The number of hydrogen-bond acceptors (Lipinski definition) is 4. The number of nitrogen functional groups attached to an aromatic ring is 1. The number of benzene rings is 1. The predicted octanol–water partition coefficient (Wildman–Crippen LogP) is 0.391. The maximum atomic E-state index is 10.4. The highest BCUT2D eigenvalue weighted by molar-refractivity contribution is 5.81. The van der Waals surface area contributed by atoms with Crippen molar-refractivity contribution in [2.24, 2.45) is 5.84 Å². The first-order chi connectivity index (χ1) is 5.65. The van der Waals surface area contributed by atoms with Crippen LogP contribution in [0.2, 0.25) is 0 Å². The number of hydrogen-bond donors (Lipinski definition) is 2. The molecule has 0 saturated heterocycles. The molecule has 0 aliphatic rings. The van der Waals surface area contributed by atoms with E-state index in [1.165, 1.54) is 5.01 Å². The van der Waals surface area contributed by atoms with Gasteiger partial charge in [0, 0.05) is 12.6 Å². The Bertz CT molecular complexity index is 296. The number of anilines is 2. The maximum Gasteiger partial charge on any atom is 0.150 e. The topological polar surface area (TPSA) is 72.3 Å². The van der Waals surface area contributed by atoms with Crippen molar-refractivity contribution in [1.82, 2.24) is 0 Å². The fourth-order valence-corrected chi connectivity index (χ4v) is 0.939. The van der Waals surface area contributed by atoms with Crippen LogP contribution in [0.15, 0.2) is 18.2 Å². The number of nitrogens with zero attached hydrogens (tertiary/aromatic N) is 1. The van der Waals surface area contributed by atoms with Crippen LogP contribution in [0, 0.1) is 0 Å². The SMILES string of the molecule is CN(N)c1cc(C=O)ccc1N. The monoisotopic (exact) mass is 165 g/mol. The Morgan fingerprint density at radius 1 is 1.50 bits per heavy atom. The number of carbonyl (C=O) groups is 1. The van der Waals surface area contributed by atoms with Gasteiger partial charge in [-0.3, -0.25) is 4.79 Å². The summed E-state index contributed by atoms with van der Waals surface area (Å²) in [6.07, 6.45) is 0.756. The summed E-state index contributed by atoms with van der Waals surface area (Å²) in [5.41, 5.74) is 7.39. The second kappa shape index (κ2) is 3.23. The summed E-state index contributed by atoms with van der Waals surface area (Å²) in [7, 11) is 1.67. The van der Waals surface area contributed by atoms with E-state index in [-0.39, 0.29) is 0 Å². The van der Waals surface area contributed by atoms with Gasteiger partial charge in [-0.15, -0.1) is 0 Å². The van der Waals surface area contributed by atoms with Gasteiger partial charge in [-0.2, -0.15) is 0 Å². The van der Waals surface area contributed by atoms with Crippen LogP contribution in [-0.4, -0.2) is 13.3 Å². The lowest BCUT2D eigenvalue weighted by molar-refractivity contribution is 0.112. The molecule has 1 rings (SSSR count). The number of hydrazine groups is 1. The van der Waals surface area contributed by atoms with Crippen LogP contribution in [0.3, 0.4) is 0 Å². The predicted molar refractivity (Wildman–Crippen MR) is 48.8 cm³/mol. The van der Waals surface area contributed by atoms with Gasteiger partial charge in [-0.1, -0.05) is 0 Å². The van der Waals surface area contributed by atoms with Crippen LogP contribution in [0.25, 0.3) is 0 Å². The molecule has 4 N–H and O–H groups in total. The summed E-state index contributed by atoms with van der Waals surface area (Å²) in [6, 6.07) is 4.94. The van der Waals surface area contributed by atoms with E-state index < -0.39 is 0 Å². The molecule has 0 spiro atoms. The molecule has 64 valence electrons. The summed E-state index contributed by atoms with van der Waals surface area (Å²) in [5, 5.41) is 1.38. The minimum Gasteiger partial charge on any atom is -0.397 e. The quantitative estimate of drug-likeness (QED) is 0.288. The van der Waals surface area contributed by atoms with Crippen molar-refractivity contribution in [3.05, 3.63) is 23.8 Å². The van der Waals surface area contributed by atoms with Crippen molar-refractivity contribution in [2.45, 2.75) is 0 Å². The Balaban J connectivity index is 3.16. The molecular formula is C8H11N3O. The molecule has 0 atom stereocenters. The van der Waals surface area contributed by atoms with Crippen molar-refractivity contribution in [3.8, 4) is 0 Å². The Kier molecular flexibility index (Phi) is 2.30. The molecule has 1 aromatic rings. The summed E-state index contributed by atoms with van der Waals surface area (Å²) in [5.74, 6) is 5.48. The third kappa shape index (κ3) is 1.54. The Morgan fingerprint density at radius 3 is 2.67 bits per heavy atom. The van der Waals surface area contributed by atoms with Gasteiger partial charge < -0.3 is 10.7 Å². The highest BCUT2D eigenvalue weighted by Crippen LogP contribution is 2.20. The molecule has 0 radical (unpaired) electrons. The van der Waals surface area contributed by atoms with Crippen LogP contribution in [0.1, 0.15) is 10.4 Å². The molecule has 1 aromatic carbocycles. The molecule has 0 unspecified atom stereocenters. The lowest BCUT2D eigenvalue weighted by Crippen LogP contribution is -2.26. The van der Waals surface area contributed by atoms with Crippen LogP contribution in [-0.2, 0) is 0 Å². The number of nitrogens with two attached hydrogens (primary N) is 2. The van der Waals surface area contributed by atoms with Gasteiger partial charge in [0.1, 0.15) is 6.29 Å². The molecule has 0 bridgehead atoms. The molecule has 0 heterocycles. The smallest absolute Gasteiger partial charge is 0.150 e. The molecule has 0 aliphatic heterocycles. The van der Waals surface area contributed by atoms with Crippen LogP contribution in [0.5, 0.6) is 0 Å². The van der Waals surface area contributed by atoms with Gasteiger partial charge >= 0.3 is 0 Å². The van der Waals surface area contributed by atoms with Crippen molar-refractivity contribution in [1.29, 1.82) is 0 Å². The first kappa shape index (κ1) is 8.55. The van der Waals surface area contributed by atoms with Gasteiger partial charge in [0.15, 0.2) is 0 Å². The molecular weight excluding hydrogens is 154 g/mol. The van der Waals surface area contributed by atoms with E-state index in [4.69, 9.17) is 11.6 Å². The average Bonchev–Trinajstić information content (AvgIpc) is 2.05. The number of aldehydes is 1. The second-order valence-electron chi connectivity index (χ2n) is 2.55. The molecule has 4 heteroatoms. The standard InChI is InChI=1S/C8H11N3O/c1-11(10)8-4-6(5-12)2-3-7(8)9/h2-5H,9-10H2,1H3. The van der Waals surface area contributed by atoms with Crippen molar-refractivity contribution in [3.63, 3.8) is 0 Å². The zero-order valence-electron chi connectivity index (χ0n) is 6.82. The summed E-state index contributed by atoms with van der Waals surface area (Å²) in [6.45, 7) is 0.